The van der Waals surface area contributed by atoms with E-state index in [1.807, 2.05) is 26.0 Å². The summed E-state index contributed by atoms with van der Waals surface area (Å²) in [6, 6.07) is 5.93. The van der Waals surface area contributed by atoms with Crippen LogP contribution in [0.15, 0.2) is 18.2 Å². The molecule has 0 aliphatic carbocycles. The Morgan fingerprint density at radius 1 is 1.13 bits per heavy atom. The van der Waals surface area contributed by atoms with Gasteiger partial charge in [0.15, 0.2) is 6.10 Å². The van der Waals surface area contributed by atoms with Crippen LogP contribution in [-0.2, 0) is 14.3 Å². The number of methoxy groups -OCH3 is 1. The Morgan fingerprint density at radius 3 is 2.22 bits per heavy atom. The first-order valence-corrected chi connectivity index (χ1v) is 8.02. The van der Waals surface area contributed by atoms with Crippen molar-refractivity contribution in [2.75, 3.05) is 20.2 Å². The lowest BCUT2D eigenvalue weighted by molar-refractivity contribution is -0.150. The Bertz CT molecular complexity index is 556. The van der Waals surface area contributed by atoms with Crippen molar-refractivity contribution in [1.29, 1.82) is 0 Å². The summed E-state index contributed by atoms with van der Waals surface area (Å²) >= 11 is 0. The van der Waals surface area contributed by atoms with E-state index in [0.29, 0.717) is 31.7 Å². The summed E-state index contributed by atoms with van der Waals surface area (Å²) < 4.78 is 10.6. The first-order chi connectivity index (χ1) is 10.9. The molecule has 0 saturated carbocycles. The molecular formula is C18H25NO4. The zero-order valence-electron chi connectivity index (χ0n) is 14.3. The number of carbonyl (C=O) groups is 2. The zero-order chi connectivity index (χ0) is 17.0. The lowest BCUT2D eigenvalue weighted by atomic mass is 9.97. The molecular weight excluding hydrogens is 294 g/mol. The van der Waals surface area contributed by atoms with Crippen LogP contribution in [0.5, 0.6) is 5.75 Å². The average Bonchev–Trinajstić information content (AvgIpc) is 2.52. The minimum absolute atomic E-state index is 0.0347. The highest BCUT2D eigenvalue weighted by molar-refractivity contribution is 5.81. The molecule has 1 atom stereocenters. The van der Waals surface area contributed by atoms with Crippen LogP contribution < -0.4 is 4.74 Å². The largest absolute Gasteiger partial charge is 0.481 e. The molecule has 1 fully saturated rings. The van der Waals surface area contributed by atoms with Crippen molar-refractivity contribution in [3.8, 4) is 5.75 Å². The van der Waals surface area contributed by atoms with Gasteiger partial charge in [-0.15, -0.1) is 0 Å². The number of ether oxygens (including phenoxy) is 2. The predicted octanol–water partition coefficient (Wildman–Crippen LogP) is 2.48. The van der Waals surface area contributed by atoms with E-state index >= 15 is 0 Å². The number of amides is 1. The molecule has 1 amide bonds. The number of nitrogens with zero attached hydrogens (tertiary/aromatic N) is 1. The average molecular weight is 319 g/mol. The highest BCUT2D eigenvalue weighted by Gasteiger charge is 2.30. The second kappa shape index (κ2) is 7.49. The number of esters is 1. The number of carbonyl (C=O) groups excluding carboxylic acids is 2. The van der Waals surface area contributed by atoms with Crippen molar-refractivity contribution in [3.63, 3.8) is 0 Å². The van der Waals surface area contributed by atoms with E-state index in [1.54, 1.807) is 11.8 Å². The van der Waals surface area contributed by atoms with Crippen LogP contribution in [0.1, 0.15) is 30.9 Å². The van der Waals surface area contributed by atoms with Gasteiger partial charge in [0.05, 0.1) is 13.0 Å². The predicted molar refractivity (Wildman–Crippen MR) is 87.3 cm³/mol. The summed E-state index contributed by atoms with van der Waals surface area (Å²) in [5, 5.41) is 0. The van der Waals surface area contributed by atoms with Crippen molar-refractivity contribution < 1.29 is 19.1 Å². The molecule has 0 spiro atoms. The molecule has 0 aromatic heterocycles. The van der Waals surface area contributed by atoms with Crippen LogP contribution in [-0.4, -0.2) is 43.1 Å². The Labute approximate surface area is 137 Å². The van der Waals surface area contributed by atoms with Gasteiger partial charge in [0.2, 0.25) is 0 Å². The fraction of sp³-hybridized carbons (Fsp3) is 0.556. The van der Waals surface area contributed by atoms with E-state index < -0.39 is 6.10 Å². The quantitative estimate of drug-likeness (QED) is 0.800. The maximum atomic E-state index is 12.5. The molecule has 0 N–H and O–H groups in total. The Morgan fingerprint density at radius 2 is 1.70 bits per heavy atom. The number of hydrogen-bond donors (Lipinski definition) is 0. The summed E-state index contributed by atoms with van der Waals surface area (Å²) in [4.78, 5) is 25.8. The summed E-state index contributed by atoms with van der Waals surface area (Å²) in [5.74, 6) is 0.400. The molecule has 1 aliphatic rings. The Hall–Kier alpha value is -2.04. The molecule has 5 heteroatoms. The summed E-state index contributed by atoms with van der Waals surface area (Å²) in [6.07, 6.45) is 0.759. The summed E-state index contributed by atoms with van der Waals surface area (Å²) in [6.45, 7) is 6.92. The van der Waals surface area contributed by atoms with E-state index in [2.05, 4.69) is 6.07 Å². The van der Waals surface area contributed by atoms with E-state index in [-0.39, 0.29) is 17.8 Å². The highest BCUT2D eigenvalue weighted by atomic mass is 16.5. The number of aryl methyl sites for hydroxylation is 2. The molecule has 1 aromatic carbocycles. The third-order valence-electron chi connectivity index (χ3n) is 4.20. The molecule has 1 heterocycles. The van der Waals surface area contributed by atoms with E-state index in [4.69, 9.17) is 9.47 Å². The number of likely N-dealkylation sites (tertiary alicyclic amines) is 1. The van der Waals surface area contributed by atoms with Crippen LogP contribution >= 0.6 is 0 Å². The monoisotopic (exact) mass is 319 g/mol. The molecule has 2 rings (SSSR count). The highest BCUT2D eigenvalue weighted by Crippen LogP contribution is 2.21. The minimum Gasteiger partial charge on any atom is -0.481 e. The fourth-order valence-electron chi connectivity index (χ4n) is 3.01. The van der Waals surface area contributed by atoms with Gasteiger partial charge in [-0.1, -0.05) is 6.07 Å². The van der Waals surface area contributed by atoms with Crippen LogP contribution in [0.25, 0.3) is 0 Å². The second-order valence-electron chi connectivity index (χ2n) is 6.21. The maximum Gasteiger partial charge on any atom is 0.308 e. The topological polar surface area (TPSA) is 55.8 Å². The van der Waals surface area contributed by atoms with Crippen molar-refractivity contribution in [3.05, 3.63) is 29.3 Å². The SMILES string of the molecule is COC(=O)C1CCN(C(=O)[C@@H](C)Oc2cc(C)cc(C)c2)CC1. The molecule has 23 heavy (non-hydrogen) atoms. The van der Waals surface area contributed by atoms with Gasteiger partial charge in [-0.3, -0.25) is 9.59 Å². The number of benzene rings is 1. The Balaban J connectivity index is 1.91. The summed E-state index contributed by atoms with van der Waals surface area (Å²) in [5.41, 5.74) is 2.22. The van der Waals surface area contributed by atoms with Gasteiger partial charge in [0.25, 0.3) is 5.91 Å². The van der Waals surface area contributed by atoms with Crippen molar-refractivity contribution in [1.82, 2.24) is 4.90 Å². The second-order valence-corrected chi connectivity index (χ2v) is 6.21. The van der Waals surface area contributed by atoms with E-state index in [1.165, 1.54) is 7.11 Å². The molecule has 1 saturated heterocycles. The molecule has 1 aliphatic heterocycles. The number of hydrogen-bond acceptors (Lipinski definition) is 4. The van der Waals surface area contributed by atoms with Crippen molar-refractivity contribution >= 4 is 11.9 Å². The molecule has 5 nitrogen and oxygen atoms in total. The minimum atomic E-state index is -0.536. The molecule has 0 bridgehead atoms. The van der Waals surface area contributed by atoms with E-state index in [9.17, 15) is 9.59 Å². The first kappa shape index (κ1) is 17.3. The lowest BCUT2D eigenvalue weighted by Crippen LogP contribution is -2.45. The molecule has 1 aromatic rings. The third-order valence-corrected chi connectivity index (χ3v) is 4.20. The van der Waals surface area contributed by atoms with E-state index in [0.717, 1.165) is 11.1 Å². The third kappa shape index (κ3) is 4.47. The standard InChI is InChI=1S/C18H25NO4/c1-12-9-13(2)11-16(10-12)23-14(3)17(20)19-7-5-15(6-8-19)18(21)22-4/h9-11,14-15H,5-8H2,1-4H3/t14-/m1/s1. The molecule has 0 unspecified atom stereocenters. The maximum absolute atomic E-state index is 12.5. The fourth-order valence-corrected chi connectivity index (χ4v) is 3.01. The van der Waals surface area contributed by atoms with Crippen LogP contribution in [0.4, 0.5) is 0 Å². The first-order valence-electron chi connectivity index (χ1n) is 8.02. The summed E-state index contributed by atoms with van der Waals surface area (Å²) in [7, 11) is 1.40. The zero-order valence-corrected chi connectivity index (χ0v) is 14.3. The van der Waals surface area contributed by atoms with Crippen molar-refractivity contribution in [2.24, 2.45) is 5.92 Å². The number of rotatable bonds is 4. The lowest BCUT2D eigenvalue weighted by Gasteiger charge is -2.32. The van der Waals surface area contributed by atoms with Gasteiger partial charge < -0.3 is 14.4 Å². The number of piperidine rings is 1. The molecule has 0 radical (unpaired) electrons. The van der Waals surface area contributed by atoms with Crippen LogP contribution in [0.2, 0.25) is 0 Å². The van der Waals surface area contributed by atoms with Crippen molar-refractivity contribution in [2.45, 2.75) is 39.7 Å². The normalized spacial score (nSPS) is 16.8. The van der Waals surface area contributed by atoms with Gasteiger partial charge in [0.1, 0.15) is 5.75 Å². The van der Waals surface area contributed by atoms with Crippen LogP contribution in [0, 0.1) is 19.8 Å². The van der Waals surface area contributed by atoms with Gasteiger partial charge in [-0.2, -0.15) is 0 Å². The van der Waals surface area contributed by atoms with Gasteiger partial charge in [-0.05, 0) is 56.9 Å². The molecule has 126 valence electrons. The van der Waals surface area contributed by atoms with Gasteiger partial charge in [0, 0.05) is 13.1 Å². The van der Waals surface area contributed by atoms with Crippen LogP contribution in [0.3, 0.4) is 0 Å². The van der Waals surface area contributed by atoms with Gasteiger partial charge in [-0.25, -0.2) is 0 Å². The smallest absolute Gasteiger partial charge is 0.308 e. The Kier molecular flexibility index (Phi) is 5.64. The van der Waals surface area contributed by atoms with Gasteiger partial charge >= 0.3 is 5.97 Å².